The van der Waals surface area contributed by atoms with Crippen LogP contribution in [0.1, 0.15) is 43.1 Å². The fourth-order valence-electron chi connectivity index (χ4n) is 4.16. The minimum Gasteiger partial charge on any atom is -0.355 e. The van der Waals surface area contributed by atoms with Crippen LogP contribution in [-0.2, 0) is 6.54 Å². The van der Waals surface area contributed by atoms with E-state index in [2.05, 4.69) is 36.3 Å². The molecule has 140 valence electrons. The van der Waals surface area contributed by atoms with Crippen molar-refractivity contribution in [3.05, 3.63) is 42.0 Å². The van der Waals surface area contributed by atoms with Crippen LogP contribution >= 0.6 is 0 Å². The Kier molecular flexibility index (Phi) is 4.41. The predicted molar refractivity (Wildman–Crippen MR) is 102 cm³/mol. The molecule has 2 aliphatic rings. The van der Waals surface area contributed by atoms with E-state index in [0.717, 1.165) is 68.5 Å². The molecule has 0 spiro atoms. The van der Waals surface area contributed by atoms with Gasteiger partial charge in [-0.15, -0.1) is 15.3 Å². The van der Waals surface area contributed by atoms with E-state index in [1.165, 1.54) is 12.8 Å². The van der Waals surface area contributed by atoms with E-state index in [9.17, 15) is 0 Å². The highest BCUT2D eigenvalue weighted by Crippen LogP contribution is 2.28. The van der Waals surface area contributed by atoms with Gasteiger partial charge in [0.2, 0.25) is 0 Å². The molecule has 5 heterocycles. The highest BCUT2D eigenvalue weighted by Gasteiger charge is 2.26. The zero-order chi connectivity index (χ0) is 18.1. The van der Waals surface area contributed by atoms with Gasteiger partial charge in [-0.3, -0.25) is 4.90 Å². The molecule has 27 heavy (non-hydrogen) atoms. The minimum absolute atomic E-state index is 0.402. The average molecular weight is 364 g/mol. The van der Waals surface area contributed by atoms with Gasteiger partial charge >= 0.3 is 0 Å². The second-order valence-corrected chi connectivity index (χ2v) is 7.48. The van der Waals surface area contributed by atoms with E-state index in [1.807, 2.05) is 22.7 Å². The van der Waals surface area contributed by atoms with Crippen molar-refractivity contribution in [2.45, 2.75) is 38.1 Å². The van der Waals surface area contributed by atoms with E-state index >= 15 is 0 Å². The molecule has 0 aliphatic carbocycles. The Morgan fingerprint density at radius 2 is 1.78 bits per heavy atom. The summed E-state index contributed by atoms with van der Waals surface area (Å²) in [6.45, 7) is 5.11. The number of rotatable bonds is 4. The average Bonchev–Trinajstić information content (AvgIpc) is 3.39. The van der Waals surface area contributed by atoms with Gasteiger partial charge in [0.1, 0.15) is 5.82 Å². The molecule has 0 atom stereocenters. The number of aromatic nitrogens is 6. The van der Waals surface area contributed by atoms with Gasteiger partial charge in [-0.1, -0.05) is 0 Å². The molecular weight excluding hydrogens is 340 g/mol. The third kappa shape index (κ3) is 3.37. The molecular formula is C19H24N8. The Balaban J connectivity index is 1.30. The second-order valence-electron chi connectivity index (χ2n) is 7.48. The van der Waals surface area contributed by atoms with Crippen LogP contribution in [0.4, 0.5) is 5.82 Å². The van der Waals surface area contributed by atoms with Crippen LogP contribution in [0.25, 0.3) is 5.65 Å². The molecule has 0 aromatic carbocycles. The molecule has 8 nitrogen and oxygen atoms in total. The molecule has 3 aromatic rings. The zero-order valence-corrected chi connectivity index (χ0v) is 15.4. The molecule has 0 unspecified atom stereocenters. The van der Waals surface area contributed by atoms with Gasteiger partial charge < -0.3 is 4.90 Å². The van der Waals surface area contributed by atoms with E-state index in [0.29, 0.717) is 5.92 Å². The van der Waals surface area contributed by atoms with Crippen LogP contribution in [0.3, 0.4) is 0 Å². The number of piperidine rings is 1. The summed E-state index contributed by atoms with van der Waals surface area (Å²) < 4.78 is 1.97. The molecule has 5 rings (SSSR count). The first-order chi connectivity index (χ1) is 13.4. The molecule has 0 bridgehead atoms. The van der Waals surface area contributed by atoms with Gasteiger partial charge in [0.15, 0.2) is 11.5 Å². The van der Waals surface area contributed by atoms with E-state index in [-0.39, 0.29) is 0 Å². The van der Waals surface area contributed by atoms with Gasteiger partial charge in [-0.05, 0) is 63.0 Å². The maximum Gasteiger partial charge on any atom is 0.178 e. The lowest BCUT2D eigenvalue weighted by molar-refractivity contribution is 0.198. The molecule has 0 radical (unpaired) electrons. The van der Waals surface area contributed by atoms with Gasteiger partial charge in [-0.25, -0.2) is 0 Å². The van der Waals surface area contributed by atoms with Crippen molar-refractivity contribution in [3.8, 4) is 0 Å². The monoisotopic (exact) mass is 364 g/mol. The van der Waals surface area contributed by atoms with Gasteiger partial charge in [0.25, 0.3) is 0 Å². The van der Waals surface area contributed by atoms with Crippen molar-refractivity contribution in [2.24, 2.45) is 0 Å². The number of fused-ring (bicyclic) bond motifs is 1. The van der Waals surface area contributed by atoms with Crippen LogP contribution in [0.5, 0.6) is 0 Å². The smallest absolute Gasteiger partial charge is 0.178 e. The second kappa shape index (κ2) is 7.19. The quantitative estimate of drug-likeness (QED) is 0.700. The minimum atomic E-state index is 0.402. The molecule has 2 fully saturated rings. The standard InChI is InChI=1S/C19H24N8/c1-2-11-26(10-1)18-6-5-17-22-23-19(27(17)24-18)15-7-12-25(13-8-15)14-16-4-3-9-20-21-16/h3-6,9,15H,1-2,7-8,10-14H2. The van der Waals surface area contributed by atoms with Gasteiger partial charge in [0, 0.05) is 31.7 Å². The third-order valence-corrected chi connectivity index (χ3v) is 5.67. The van der Waals surface area contributed by atoms with Gasteiger partial charge in [-0.2, -0.15) is 14.7 Å². The summed E-state index contributed by atoms with van der Waals surface area (Å²) in [5.74, 6) is 2.45. The van der Waals surface area contributed by atoms with Crippen LogP contribution in [-0.4, -0.2) is 61.1 Å². The SMILES string of the molecule is c1cnnc(CN2CCC(c3nnc4ccc(N5CCCC5)nn34)CC2)c1. The molecule has 0 N–H and O–H groups in total. The lowest BCUT2D eigenvalue weighted by Gasteiger charge is -2.30. The Hall–Kier alpha value is -2.61. The Labute approximate surface area is 158 Å². The number of anilines is 1. The number of likely N-dealkylation sites (tertiary alicyclic amines) is 1. The summed E-state index contributed by atoms with van der Waals surface area (Å²) in [6, 6.07) is 8.10. The third-order valence-electron chi connectivity index (χ3n) is 5.67. The van der Waals surface area contributed by atoms with Crippen molar-refractivity contribution in [2.75, 3.05) is 31.1 Å². The summed E-state index contributed by atoms with van der Waals surface area (Å²) in [6.07, 6.45) is 6.35. The molecule has 2 saturated heterocycles. The first-order valence-corrected chi connectivity index (χ1v) is 9.83. The summed E-state index contributed by atoms with van der Waals surface area (Å²) in [4.78, 5) is 4.79. The Bertz CT molecular complexity index is 894. The van der Waals surface area contributed by atoms with Crippen molar-refractivity contribution in [1.29, 1.82) is 0 Å². The van der Waals surface area contributed by atoms with Crippen LogP contribution in [0.15, 0.2) is 30.5 Å². The van der Waals surface area contributed by atoms with E-state index < -0.39 is 0 Å². The maximum absolute atomic E-state index is 4.86. The summed E-state index contributed by atoms with van der Waals surface area (Å²) in [5.41, 5.74) is 1.87. The Morgan fingerprint density at radius 1 is 0.926 bits per heavy atom. The predicted octanol–water partition coefficient (Wildman–Crippen LogP) is 1.89. The van der Waals surface area contributed by atoms with Gasteiger partial charge in [0.05, 0.1) is 5.69 Å². The largest absolute Gasteiger partial charge is 0.355 e. The van der Waals surface area contributed by atoms with Crippen LogP contribution < -0.4 is 4.90 Å². The first-order valence-electron chi connectivity index (χ1n) is 9.83. The topological polar surface area (TPSA) is 75.3 Å². The maximum atomic E-state index is 4.86. The molecule has 8 heteroatoms. The molecule has 0 amide bonds. The highest BCUT2D eigenvalue weighted by atomic mass is 15.4. The fraction of sp³-hybridized carbons (Fsp3) is 0.526. The Morgan fingerprint density at radius 3 is 2.56 bits per heavy atom. The van der Waals surface area contributed by atoms with E-state index in [4.69, 9.17) is 5.10 Å². The first kappa shape index (κ1) is 16.6. The van der Waals surface area contributed by atoms with Crippen LogP contribution in [0, 0.1) is 0 Å². The van der Waals surface area contributed by atoms with Crippen molar-refractivity contribution in [1.82, 2.24) is 34.9 Å². The van der Waals surface area contributed by atoms with Crippen molar-refractivity contribution >= 4 is 11.5 Å². The fourth-order valence-corrected chi connectivity index (χ4v) is 4.16. The number of hydrogen-bond donors (Lipinski definition) is 0. The molecule has 3 aromatic heterocycles. The number of nitrogens with zero attached hydrogens (tertiary/aromatic N) is 8. The lowest BCUT2D eigenvalue weighted by Crippen LogP contribution is -2.33. The summed E-state index contributed by atoms with van der Waals surface area (Å²) in [7, 11) is 0. The van der Waals surface area contributed by atoms with E-state index in [1.54, 1.807) is 6.20 Å². The van der Waals surface area contributed by atoms with Crippen molar-refractivity contribution in [3.63, 3.8) is 0 Å². The lowest BCUT2D eigenvalue weighted by atomic mass is 9.96. The molecule has 0 saturated carbocycles. The normalized spacial score (nSPS) is 19.2. The highest BCUT2D eigenvalue weighted by molar-refractivity contribution is 5.46. The zero-order valence-electron chi connectivity index (χ0n) is 15.4. The molecule has 2 aliphatic heterocycles. The van der Waals surface area contributed by atoms with Crippen LogP contribution in [0.2, 0.25) is 0 Å². The summed E-state index contributed by atoms with van der Waals surface area (Å²) >= 11 is 0. The van der Waals surface area contributed by atoms with Crippen molar-refractivity contribution < 1.29 is 0 Å². The number of hydrogen-bond acceptors (Lipinski definition) is 7. The summed E-state index contributed by atoms with van der Waals surface area (Å²) in [5, 5.41) is 21.9.